The standard InChI is InChI=1S/C7H14N2/c1-5(2)6-3-4-7(6)9-8/h5-6H,3-4,8H2,1-2H3/b9-7+. The summed E-state index contributed by atoms with van der Waals surface area (Å²) in [5.74, 6) is 6.56. The van der Waals surface area contributed by atoms with Gasteiger partial charge >= 0.3 is 0 Å². The molecule has 0 heterocycles. The zero-order chi connectivity index (χ0) is 6.85. The lowest BCUT2D eigenvalue weighted by Gasteiger charge is -2.30. The second kappa shape index (κ2) is 2.38. The molecule has 0 aromatic heterocycles. The largest absolute Gasteiger partial charge is 0.323 e. The van der Waals surface area contributed by atoms with Crippen LogP contribution in [0.3, 0.4) is 0 Å². The minimum absolute atomic E-state index is 0.690. The average Bonchev–Trinajstić information content (AvgIpc) is 1.61. The molecule has 1 aliphatic rings. The summed E-state index contributed by atoms with van der Waals surface area (Å²) in [7, 11) is 0. The van der Waals surface area contributed by atoms with Gasteiger partial charge in [0.05, 0.1) is 0 Å². The highest BCUT2D eigenvalue weighted by Gasteiger charge is 2.28. The molecule has 0 spiro atoms. The molecule has 52 valence electrons. The van der Waals surface area contributed by atoms with Crippen molar-refractivity contribution < 1.29 is 0 Å². The Bertz CT molecular complexity index is 127. The highest BCUT2D eigenvalue weighted by Crippen LogP contribution is 2.29. The number of rotatable bonds is 1. The summed E-state index contributed by atoms with van der Waals surface area (Å²) in [5, 5.41) is 3.71. The summed E-state index contributed by atoms with van der Waals surface area (Å²) in [6.45, 7) is 4.43. The fourth-order valence-electron chi connectivity index (χ4n) is 1.32. The third kappa shape index (κ3) is 1.07. The van der Waals surface area contributed by atoms with Crippen LogP contribution in [0.25, 0.3) is 0 Å². The molecule has 1 atom stereocenters. The van der Waals surface area contributed by atoms with Crippen molar-refractivity contribution in [3.63, 3.8) is 0 Å². The Labute approximate surface area is 56.1 Å². The second-order valence-electron chi connectivity index (χ2n) is 3.01. The Morgan fingerprint density at radius 1 is 1.67 bits per heavy atom. The summed E-state index contributed by atoms with van der Waals surface area (Å²) in [4.78, 5) is 0. The van der Waals surface area contributed by atoms with Crippen LogP contribution in [-0.4, -0.2) is 5.71 Å². The molecule has 2 nitrogen and oxygen atoms in total. The predicted molar refractivity (Wildman–Crippen MR) is 39.2 cm³/mol. The average molecular weight is 126 g/mol. The maximum atomic E-state index is 5.15. The fraction of sp³-hybridized carbons (Fsp3) is 0.857. The van der Waals surface area contributed by atoms with Crippen LogP contribution >= 0.6 is 0 Å². The first kappa shape index (κ1) is 6.59. The Morgan fingerprint density at radius 2 is 2.33 bits per heavy atom. The lowest BCUT2D eigenvalue weighted by atomic mass is 9.75. The number of hydrazone groups is 1. The molecule has 0 bridgehead atoms. The van der Waals surface area contributed by atoms with Crippen LogP contribution < -0.4 is 5.84 Å². The minimum atomic E-state index is 0.690. The van der Waals surface area contributed by atoms with E-state index >= 15 is 0 Å². The molecule has 0 aliphatic heterocycles. The molecule has 1 unspecified atom stereocenters. The van der Waals surface area contributed by atoms with E-state index in [1.54, 1.807) is 0 Å². The van der Waals surface area contributed by atoms with Gasteiger partial charge in [-0.3, -0.25) is 0 Å². The van der Waals surface area contributed by atoms with Gasteiger partial charge in [-0.2, -0.15) is 5.10 Å². The van der Waals surface area contributed by atoms with E-state index in [2.05, 4.69) is 18.9 Å². The summed E-state index contributed by atoms with van der Waals surface area (Å²) < 4.78 is 0. The van der Waals surface area contributed by atoms with Crippen molar-refractivity contribution in [2.45, 2.75) is 26.7 Å². The van der Waals surface area contributed by atoms with Crippen molar-refractivity contribution in [1.82, 2.24) is 0 Å². The topological polar surface area (TPSA) is 38.4 Å². The molecule has 1 aliphatic carbocycles. The maximum absolute atomic E-state index is 5.15. The van der Waals surface area contributed by atoms with Crippen LogP contribution in [0.2, 0.25) is 0 Å². The van der Waals surface area contributed by atoms with Crippen molar-refractivity contribution in [2.75, 3.05) is 0 Å². The van der Waals surface area contributed by atoms with Gasteiger partial charge in [-0.1, -0.05) is 13.8 Å². The quantitative estimate of drug-likeness (QED) is 0.418. The van der Waals surface area contributed by atoms with E-state index in [0.717, 1.165) is 12.3 Å². The summed E-state index contributed by atoms with van der Waals surface area (Å²) in [6.07, 6.45) is 2.41. The molecule has 0 amide bonds. The Balaban J connectivity index is 2.45. The van der Waals surface area contributed by atoms with Crippen molar-refractivity contribution in [3.8, 4) is 0 Å². The molecule has 2 heteroatoms. The van der Waals surface area contributed by atoms with Gasteiger partial charge in [0.1, 0.15) is 0 Å². The van der Waals surface area contributed by atoms with Crippen molar-refractivity contribution in [3.05, 3.63) is 0 Å². The molecular formula is C7H14N2. The van der Waals surface area contributed by atoms with E-state index in [1.807, 2.05) is 0 Å². The van der Waals surface area contributed by atoms with Gasteiger partial charge < -0.3 is 5.84 Å². The minimum Gasteiger partial charge on any atom is -0.323 e. The van der Waals surface area contributed by atoms with Crippen molar-refractivity contribution >= 4 is 5.71 Å². The lowest BCUT2D eigenvalue weighted by Crippen LogP contribution is -2.31. The molecule has 1 fully saturated rings. The number of hydrogen-bond donors (Lipinski definition) is 1. The highest BCUT2D eigenvalue weighted by molar-refractivity contribution is 5.91. The van der Waals surface area contributed by atoms with Gasteiger partial charge in [0, 0.05) is 11.6 Å². The molecule has 0 saturated heterocycles. The van der Waals surface area contributed by atoms with Gasteiger partial charge in [0.2, 0.25) is 0 Å². The predicted octanol–water partition coefficient (Wildman–Crippen LogP) is 1.37. The van der Waals surface area contributed by atoms with E-state index in [1.165, 1.54) is 12.1 Å². The van der Waals surface area contributed by atoms with Crippen LogP contribution in [0, 0.1) is 11.8 Å². The first-order valence-corrected chi connectivity index (χ1v) is 3.52. The smallest absolute Gasteiger partial charge is 0.0409 e. The van der Waals surface area contributed by atoms with Crippen molar-refractivity contribution in [1.29, 1.82) is 0 Å². The lowest BCUT2D eigenvalue weighted by molar-refractivity contribution is 0.413. The molecule has 1 saturated carbocycles. The SMILES string of the molecule is CC(C)C1CC/C1=N\N. The molecule has 9 heavy (non-hydrogen) atoms. The first-order chi connectivity index (χ1) is 4.25. The Kier molecular flexibility index (Phi) is 1.74. The monoisotopic (exact) mass is 126 g/mol. The van der Waals surface area contributed by atoms with Crippen LogP contribution in [0.1, 0.15) is 26.7 Å². The summed E-state index contributed by atoms with van der Waals surface area (Å²) in [5.41, 5.74) is 1.21. The van der Waals surface area contributed by atoms with Crippen LogP contribution in [-0.2, 0) is 0 Å². The molecule has 1 rings (SSSR count). The molecule has 0 aromatic carbocycles. The van der Waals surface area contributed by atoms with Crippen molar-refractivity contribution in [2.24, 2.45) is 22.8 Å². The Hall–Kier alpha value is -0.530. The number of hydrogen-bond acceptors (Lipinski definition) is 2. The van der Waals surface area contributed by atoms with Gasteiger partial charge in [-0.15, -0.1) is 0 Å². The van der Waals surface area contributed by atoms with E-state index < -0.39 is 0 Å². The maximum Gasteiger partial charge on any atom is 0.0409 e. The van der Waals surface area contributed by atoms with E-state index in [-0.39, 0.29) is 0 Å². The second-order valence-corrected chi connectivity index (χ2v) is 3.01. The Morgan fingerprint density at radius 3 is 2.44 bits per heavy atom. The van der Waals surface area contributed by atoms with Crippen LogP contribution in [0.5, 0.6) is 0 Å². The molecule has 0 aromatic rings. The summed E-state index contributed by atoms with van der Waals surface area (Å²) >= 11 is 0. The van der Waals surface area contributed by atoms with Gasteiger partial charge in [0.15, 0.2) is 0 Å². The van der Waals surface area contributed by atoms with E-state index in [0.29, 0.717) is 5.92 Å². The van der Waals surface area contributed by atoms with E-state index in [9.17, 15) is 0 Å². The summed E-state index contributed by atoms with van der Waals surface area (Å²) in [6, 6.07) is 0. The highest BCUT2D eigenvalue weighted by atomic mass is 15.1. The third-order valence-corrected chi connectivity index (χ3v) is 2.11. The zero-order valence-electron chi connectivity index (χ0n) is 6.09. The third-order valence-electron chi connectivity index (χ3n) is 2.11. The van der Waals surface area contributed by atoms with Gasteiger partial charge in [-0.25, -0.2) is 0 Å². The molecule has 2 N–H and O–H groups in total. The normalized spacial score (nSPS) is 31.0. The van der Waals surface area contributed by atoms with E-state index in [4.69, 9.17) is 5.84 Å². The zero-order valence-corrected chi connectivity index (χ0v) is 6.09. The molecular weight excluding hydrogens is 112 g/mol. The molecule has 0 radical (unpaired) electrons. The van der Waals surface area contributed by atoms with Crippen LogP contribution in [0.4, 0.5) is 0 Å². The first-order valence-electron chi connectivity index (χ1n) is 3.52. The number of nitrogens with two attached hydrogens (primary N) is 1. The number of nitrogens with zero attached hydrogens (tertiary/aromatic N) is 1. The van der Waals surface area contributed by atoms with Gasteiger partial charge in [0.25, 0.3) is 0 Å². The van der Waals surface area contributed by atoms with Crippen LogP contribution in [0.15, 0.2) is 5.10 Å². The fourth-order valence-corrected chi connectivity index (χ4v) is 1.32. The van der Waals surface area contributed by atoms with Gasteiger partial charge in [-0.05, 0) is 18.8 Å².